The predicted molar refractivity (Wildman–Crippen MR) is 149 cm³/mol. The topological polar surface area (TPSA) is 93.7 Å². The molecule has 2 amide bonds. The molecule has 2 N–H and O–H groups in total. The van der Waals surface area contributed by atoms with Crippen LogP contribution in [-0.2, 0) is 19.1 Å². The van der Waals surface area contributed by atoms with Crippen LogP contribution in [0, 0.1) is 0 Å². The van der Waals surface area contributed by atoms with Crippen molar-refractivity contribution in [3.63, 3.8) is 0 Å². The van der Waals surface area contributed by atoms with Crippen LogP contribution in [0.1, 0.15) is 19.3 Å². The summed E-state index contributed by atoms with van der Waals surface area (Å²) in [5.41, 5.74) is 1.05. The molecule has 0 fully saturated rings. The largest absolute Gasteiger partial charge is 0.457 e. The monoisotopic (exact) mass is 550 g/mol. The molecule has 7 nitrogen and oxygen atoms in total. The van der Waals surface area contributed by atoms with Gasteiger partial charge in [-0.1, -0.05) is 53.5 Å². The molecule has 0 saturated carbocycles. The highest BCUT2D eigenvalue weighted by molar-refractivity contribution is 6.42. The number of carbonyl (C=O) groups excluding carboxylic acids is 3. The van der Waals surface area contributed by atoms with E-state index in [9.17, 15) is 14.4 Å². The summed E-state index contributed by atoms with van der Waals surface area (Å²) in [6.45, 7) is -0.446. The van der Waals surface area contributed by atoms with Crippen LogP contribution in [-0.4, -0.2) is 24.4 Å². The van der Waals surface area contributed by atoms with Crippen LogP contribution in [0.2, 0.25) is 10.0 Å². The SMILES string of the molecule is O=C(CCCC(=O)OCC(=O)Nc1ccc(Cl)c(Cl)c1)Nc1ccc(Oc2ccc3ccccc3c2)cc1. The third-order valence-electron chi connectivity index (χ3n) is 5.45. The highest BCUT2D eigenvalue weighted by atomic mass is 35.5. The normalized spacial score (nSPS) is 10.6. The van der Waals surface area contributed by atoms with Crippen molar-refractivity contribution in [2.24, 2.45) is 0 Å². The number of anilines is 2. The number of hydrogen-bond donors (Lipinski definition) is 2. The third-order valence-corrected chi connectivity index (χ3v) is 6.19. The molecule has 0 spiro atoms. The Hall–Kier alpha value is -4.07. The molecule has 0 aliphatic heterocycles. The first-order chi connectivity index (χ1) is 18.4. The Morgan fingerprint density at radius 1 is 0.658 bits per heavy atom. The van der Waals surface area contributed by atoms with Gasteiger partial charge >= 0.3 is 5.97 Å². The number of nitrogens with one attached hydrogen (secondary N) is 2. The lowest BCUT2D eigenvalue weighted by Gasteiger charge is -2.09. The highest BCUT2D eigenvalue weighted by Crippen LogP contribution is 2.27. The van der Waals surface area contributed by atoms with Crippen LogP contribution in [0.5, 0.6) is 11.5 Å². The summed E-state index contributed by atoms with van der Waals surface area (Å²) in [5, 5.41) is 8.23. The fourth-order valence-electron chi connectivity index (χ4n) is 3.58. The first-order valence-electron chi connectivity index (χ1n) is 11.8. The quantitative estimate of drug-likeness (QED) is 0.203. The zero-order valence-corrected chi connectivity index (χ0v) is 21.7. The molecule has 0 aliphatic rings. The van der Waals surface area contributed by atoms with Gasteiger partial charge in [-0.05, 0) is 71.8 Å². The minimum absolute atomic E-state index is 0.00596. The Labute approximate surface area is 229 Å². The van der Waals surface area contributed by atoms with E-state index in [-0.39, 0.29) is 25.2 Å². The van der Waals surface area contributed by atoms with Gasteiger partial charge in [0, 0.05) is 24.2 Å². The Morgan fingerprint density at radius 2 is 1.34 bits per heavy atom. The number of rotatable bonds is 10. The lowest BCUT2D eigenvalue weighted by Crippen LogP contribution is -2.21. The number of hydrogen-bond acceptors (Lipinski definition) is 5. The van der Waals surface area contributed by atoms with Crippen molar-refractivity contribution in [2.45, 2.75) is 19.3 Å². The molecule has 0 bridgehead atoms. The van der Waals surface area contributed by atoms with Crippen molar-refractivity contribution in [1.29, 1.82) is 0 Å². The van der Waals surface area contributed by atoms with Crippen molar-refractivity contribution in [3.05, 3.63) is 95.0 Å². The van der Waals surface area contributed by atoms with Crippen LogP contribution in [0.4, 0.5) is 11.4 Å². The van der Waals surface area contributed by atoms with Crippen molar-refractivity contribution < 1.29 is 23.9 Å². The van der Waals surface area contributed by atoms with Gasteiger partial charge in [-0.2, -0.15) is 0 Å². The Kier molecular flexibility index (Phi) is 9.19. The molecular formula is C29H24Cl2N2O5. The van der Waals surface area contributed by atoms with Crippen LogP contribution < -0.4 is 15.4 Å². The summed E-state index contributed by atoms with van der Waals surface area (Å²) < 4.78 is 10.9. The maximum Gasteiger partial charge on any atom is 0.306 e. The number of fused-ring (bicyclic) bond motifs is 1. The summed E-state index contributed by atoms with van der Waals surface area (Å²) in [4.78, 5) is 36.1. The number of benzene rings is 4. The average Bonchev–Trinajstić information content (AvgIpc) is 2.91. The highest BCUT2D eigenvalue weighted by Gasteiger charge is 2.11. The lowest BCUT2D eigenvalue weighted by atomic mass is 10.1. The van der Waals surface area contributed by atoms with E-state index in [4.69, 9.17) is 32.7 Å². The van der Waals surface area contributed by atoms with Gasteiger partial charge in [-0.3, -0.25) is 14.4 Å². The molecule has 38 heavy (non-hydrogen) atoms. The fraction of sp³-hybridized carbons (Fsp3) is 0.138. The summed E-state index contributed by atoms with van der Waals surface area (Å²) in [6, 6.07) is 25.6. The van der Waals surface area contributed by atoms with E-state index >= 15 is 0 Å². The van der Waals surface area contributed by atoms with Crippen LogP contribution >= 0.6 is 23.2 Å². The minimum atomic E-state index is -0.572. The zero-order valence-electron chi connectivity index (χ0n) is 20.2. The molecule has 4 aromatic carbocycles. The Bertz CT molecular complexity index is 1460. The van der Waals surface area contributed by atoms with E-state index in [2.05, 4.69) is 10.6 Å². The number of halogens is 2. The molecule has 0 saturated heterocycles. The van der Waals surface area contributed by atoms with E-state index in [0.29, 0.717) is 27.2 Å². The van der Waals surface area contributed by atoms with Gasteiger partial charge in [0.1, 0.15) is 11.5 Å². The maximum absolute atomic E-state index is 12.2. The number of ether oxygens (including phenoxy) is 2. The average molecular weight is 551 g/mol. The van der Waals surface area contributed by atoms with Crippen LogP contribution in [0.25, 0.3) is 10.8 Å². The minimum Gasteiger partial charge on any atom is -0.457 e. The second-order valence-electron chi connectivity index (χ2n) is 8.37. The molecule has 4 aromatic rings. The number of amides is 2. The van der Waals surface area contributed by atoms with Crippen LogP contribution in [0.3, 0.4) is 0 Å². The van der Waals surface area contributed by atoms with Gasteiger partial charge < -0.3 is 20.1 Å². The van der Waals surface area contributed by atoms with Crippen molar-refractivity contribution in [1.82, 2.24) is 0 Å². The van der Waals surface area contributed by atoms with Gasteiger partial charge in [-0.15, -0.1) is 0 Å². The Morgan fingerprint density at radius 3 is 2.11 bits per heavy atom. The molecule has 0 atom stereocenters. The summed E-state index contributed by atoms with van der Waals surface area (Å²) >= 11 is 11.7. The van der Waals surface area contributed by atoms with Crippen molar-refractivity contribution in [3.8, 4) is 11.5 Å². The van der Waals surface area contributed by atoms with Gasteiger partial charge in [0.2, 0.25) is 5.91 Å². The van der Waals surface area contributed by atoms with Gasteiger partial charge in [0.05, 0.1) is 10.0 Å². The van der Waals surface area contributed by atoms with Gasteiger partial charge in [0.15, 0.2) is 6.61 Å². The maximum atomic E-state index is 12.2. The van der Waals surface area contributed by atoms with Gasteiger partial charge in [0.25, 0.3) is 5.91 Å². The predicted octanol–water partition coefficient (Wildman–Crippen LogP) is 7.23. The number of esters is 1. The molecule has 4 rings (SSSR count). The Balaban J connectivity index is 1.14. The van der Waals surface area contributed by atoms with Gasteiger partial charge in [-0.25, -0.2) is 0 Å². The molecule has 0 aliphatic carbocycles. The molecule has 0 radical (unpaired) electrons. The van der Waals surface area contributed by atoms with Crippen molar-refractivity contribution >= 4 is 63.1 Å². The summed E-state index contributed by atoms with van der Waals surface area (Å²) in [5.74, 6) is 0.0432. The number of carbonyl (C=O) groups is 3. The molecule has 0 heterocycles. The second-order valence-corrected chi connectivity index (χ2v) is 9.19. The summed E-state index contributed by atoms with van der Waals surface area (Å²) in [6.07, 6.45) is 0.411. The third kappa shape index (κ3) is 7.96. The first kappa shape index (κ1) is 27.0. The summed E-state index contributed by atoms with van der Waals surface area (Å²) in [7, 11) is 0. The van der Waals surface area contributed by atoms with E-state index in [1.165, 1.54) is 6.07 Å². The molecule has 194 valence electrons. The van der Waals surface area contributed by atoms with E-state index < -0.39 is 18.5 Å². The molecule has 0 unspecified atom stereocenters. The smallest absolute Gasteiger partial charge is 0.306 e. The lowest BCUT2D eigenvalue weighted by molar-refractivity contribution is -0.147. The first-order valence-corrected chi connectivity index (χ1v) is 12.6. The zero-order chi connectivity index (χ0) is 26.9. The fourth-order valence-corrected chi connectivity index (χ4v) is 3.88. The van der Waals surface area contributed by atoms with E-state index in [0.717, 1.165) is 16.5 Å². The molecule has 0 aromatic heterocycles. The van der Waals surface area contributed by atoms with E-state index in [1.807, 2.05) is 42.5 Å². The van der Waals surface area contributed by atoms with Crippen molar-refractivity contribution in [2.75, 3.05) is 17.2 Å². The second kappa shape index (κ2) is 12.9. The standard InChI is InChI=1S/C29H24Cl2N2O5/c30-25-15-11-22(17-26(25)31)33-28(35)18-37-29(36)7-3-6-27(34)32-21-9-13-23(14-10-21)38-24-12-8-19-4-1-2-5-20(19)16-24/h1-2,4-5,8-17H,3,6-7,18H2,(H,32,34)(H,33,35). The van der Waals surface area contributed by atoms with Crippen LogP contribution in [0.15, 0.2) is 84.9 Å². The molecule has 9 heteroatoms. The molecular weight excluding hydrogens is 527 g/mol. The van der Waals surface area contributed by atoms with E-state index in [1.54, 1.807) is 36.4 Å².